The number of aliphatic hydroxyl groups is 1. The maximum atomic E-state index is 10.3. The van der Waals surface area contributed by atoms with E-state index in [2.05, 4.69) is 34.6 Å². The molecule has 0 aromatic carbocycles. The van der Waals surface area contributed by atoms with Crippen molar-refractivity contribution >= 4 is 0 Å². The van der Waals surface area contributed by atoms with Crippen molar-refractivity contribution in [3.63, 3.8) is 0 Å². The van der Waals surface area contributed by atoms with Gasteiger partial charge in [-0.15, -0.1) is 0 Å². The molecular formula is C31H56O. The molecule has 0 aliphatic heterocycles. The molecule has 4 aliphatic carbocycles. The first-order valence-corrected chi connectivity index (χ1v) is 15.0. The molecule has 0 radical (unpaired) electrons. The average Bonchev–Trinajstić information content (AvgIpc) is 3.12. The third-order valence-electron chi connectivity index (χ3n) is 12.1. The van der Waals surface area contributed by atoms with Crippen LogP contribution in [-0.2, 0) is 0 Å². The van der Waals surface area contributed by atoms with Crippen molar-refractivity contribution < 1.29 is 5.11 Å². The predicted octanol–water partition coefficient (Wildman–Crippen LogP) is 9.03. The van der Waals surface area contributed by atoms with Gasteiger partial charge in [0.05, 0.1) is 6.10 Å². The van der Waals surface area contributed by atoms with E-state index in [1.54, 1.807) is 0 Å². The summed E-state index contributed by atoms with van der Waals surface area (Å²) < 4.78 is 0. The van der Waals surface area contributed by atoms with E-state index in [1.165, 1.54) is 89.9 Å². The van der Waals surface area contributed by atoms with E-state index in [-0.39, 0.29) is 6.10 Å². The molecule has 4 aliphatic rings. The summed E-state index contributed by atoms with van der Waals surface area (Å²) in [5, 5.41) is 10.3. The van der Waals surface area contributed by atoms with Gasteiger partial charge in [0.25, 0.3) is 0 Å². The number of fused-ring (bicyclic) bond motifs is 5. The Balaban J connectivity index is 1.37. The molecule has 4 rings (SSSR count). The Hall–Kier alpha value is -0.0400. The summed E-state index contributed by atoms with van der Waals surface area (Å²) in [6.45, 7) is 12.7. The number of aliphatic hydroxyl groups excluding tert-OH is 1. The van der Waals surface area contributed by atoms with E-state index >= 15 is 0 Å². The van der Waals surface area contributed by atoms with E-state index < -0.39 is 0 Å². The molecule has 1 unspecified atom stereocenters. The van der Waals surface area contributed by atoms with Crippen LogP contribution < -0.4 is 0 Å². The molecule has 0 aromatic rings. The lowest BCUT2D eigenvalue weighted by Gasteiger charge is -2.61. The van der Waals surface area contributed by atoms with Crippen LogP contribution in [0.3, 0.4) is 0 Å². The van der Waals surface area contributed by atoms with Gasteiger partial charge in [-0.1, -0.05) is 79.6 Å². The molecule has 9 atom stereocenters. The van der Waals surface area contributed by atoms with E-state index in [4.69, 9.17) is 0 Å². The molecule has 0 bridgehead atoms. The first-order chi connectivity index (χ1) is 15.3. The fourth-order valence-corrected chi connectivity index (χ4v) is 10.4. The van der Waals surface area contributed by atoms with Crippen LogP contribution in [0.2, 0.25) is 0 Å². The van der Waals surface area contributed by atoms with Crippen LogP contribution in [0.5, 0.6) is 0 Å². The minimum absolute atomic E-state index is 0.00978. The highest BCUT2D eigenvalue weighted by Gasteiger charge is 2.60. The normalized spacial score (nSPS) is 44.7. The number of hydrogen-bond acceptors (Lipinski definition) is 1. The number of rotatable bonds is 9. The molecule has 0 spiro atoms. The van der Waals surface area contributed by atoms with Gasteiger partial charge in [0.2, 0.25) is 0 Å². The molecule has 1 nitrogen and oxygen atoms in total. The van der Waals surface area contributed by atoms with Crippen molar-refractivity contribution in [2.45, 2.75) is 143 Å². The van der Waals surface area contributed by atoms with E-state index in [0.29, 0.717) is 10.8 Å². The van der Waals surface area contributed by atoms with E-state index in [0.717, 1.165) is 54.3 Å². The zero-order chi connectivity index (χ0) is 22.9. The average molecular weight is 445 g/mol. The van der Waals surface area contributed by atoms with Gasteiger partial charge >= 0.3 is 0 Å². The molecule has 0 heterocycles. The monoisotopic (exact) mass is 444 g/mol. The molecule has 186 valence electrons. The summed E-state index contributed by atoms with van der Waals surface area (Å²) in [4.78, 5) is 0. The minimum atomic E-state index is -0.00978. The van der Waals surface area contributed by atoms with Gasteiger partial charge in [-0.2, -0.15) is 0 Å². The Kier molecular flexibility index (Phi) is 8.06. The van der Waals surface area contributed by atoms with E-state index in [1.807, 2.05) is 0 Å². The summed E-state index contributed by atoms with van der Waals surface area (Å²) in [7, 11) is 0. The van der Waals surface area contributed by atoms with Crippen LogP contribution in [0.4, 0.5) is 0 Å². The second-order valence-corrected chi connectivity index (χ2v) is 13.7. The Morgan fingerprint density at radius 3 is 2.19 bits per heavy atom. The molecule has 32 heavy (non-hydrogen) atoms. The summed E-state index contributed by atoms with van der Waals surface area (Å²) in [5.41, 5.74) is 1.14. The van der Waals surface area contributed by atoms with Gasteiger partial charge in [-0.25, -0.2) is 0 Å². The van der Waals surface area contributed by atoms with Gasteiger partial charge in [0, 0.05) is 0 Å². The molecular weight excluding hydrogens is 388 g/mol. The third-order valence-corrected chi connectivity index (χ3v) is 12.1. The second kappa shape index (κ2) is 10.3. The molecule has 1 N–H and O–H groups in total. The second-order valence-electron chi connectivity index (χ2n) is 13.7. The third kappa shape index (κ3) is 4.59. The quantitative estimate of drug-likeness (QED) is 0.376. The molecule has 4 saturated carbocycles. The largest absolute Gasteiger partial charge is 0.393 e. The smallest absolute Gasteiger partial charge is 0.0543 e. The zero-order valence-electron chi connectivity index (χ0n) is 22.4. The van der Waals surface area contributed by atoms with Gasteiger partial charge in [0.1, 0.15) is 0 Å². The Bertz CT molecular complexity index is 593. The first kappa shape index (κ1) is 25.1. The molecule has 0 aromatic heterocycles. The van der Waals surface area contributed by atoms with Crippen LogP contribution in [0.1, 0.15) is 137 Å². The highest BCUT2D eigenvalue weighted by molar-refractivity contribution is 5.09. The van der Waals surface area contributed by atoms with Crippen LogP contribution in [0.25, 0.3) is 0 Å². The van der Waals surface area contributed by atoms with Crippen molar-refractivity contribution in [2.24, 2.45) is 52.3 Å². The van der Waals surface area contributed by atoms with Gasteiger partial charge < -0.3 is 5.11 Å². The molecule has 0 amide bonds. The molecule has 1 heteroatoms. The van der Waals surface area contributed by atoms with Crippen LogP contribution in [-0.4, -0.2) is 11.2 Å². The Labute approximate surface area is 200 Å². The van der Waals surface area contributed by atoms with Gasteiger partial charge in [-0.3, -0.25) is 0 Å². The Morgan fingerprint density at radius 1 is 0.781 bits per heavy atom. The summed E-state index contributed by atoms with van der Waals surface area (Å²) in [6.07, 6.45) is 22.4. The lowest BCUT2D eigenvalue weighted by Crippen LogP contribution is -2.54. The minimum Gasteiger partial charge on any atom is -0.393 e. The first-order valence-electron chi connectivity index (χ1n) is 15.0. The Morgan fingerprint density at radius 2 is 1.47 bits per heavy atom. The van der Waals surface area contributed by atoms with Crippen LogP contribution >= 0.6 is 0 Å². The van der Waals surface area contributed by atoms with Crippen molar-refractivity contribution in [3.05, 3.63) is 0 Å². The summed E-state index contributed by atoms with van der Waals surface area (Å²) in [5.74, 6) is 6.61. The van der Waals surface area contributed by atoms with Gasteiger partial charge in [-0.05, 0) is 110 Å². The fraction of sp³-hybridized carbons (Fsp3) is 1.00. The van der Waals surface area contributed by atoms with Crippen molar-refractivity contribution in [3.8, 4) is 0 Å². The van der Waals surface area contributed by atoms with Crippen molar-refractivity contribution in [1.82, 2.24) is 0 Å². The SMILES string of the molecule is CCCC(CCC)CCC[C@@H](C)[C@H]1CC[C@H]2[C@@H]3CCC4C[C@@H](O)CC[C@]4(C)[C@H]3CC[C@]12C. The lowest BCUT2D eigenvalue weighted by atomic mass is 9.44. The summed E-state index contributed by atoms with van der Waals surface area (Å²) in [6, 6.07) is 0. The zero-order valence-corrected chi connectivity index (χ0v) is 22.4. The molecule has 4 fully saturated rings. The van der Waals surface area contributed by atoms with Gasteiger partial charge in [0.15, 0.2) is 0 Å². The maximum absolute atomic E-state index is 10.3. The molecule has 0 saturated heterocycles. The maximum Gasteiger partial charge on any atom is 0.0543 e. The van der Waals surface area contributed by atoms with Crippen molar-refractivity contribution in [2.75, 3.05) is 0 Å². The van der Waals surface area contributed by atoms with E-state index in [9.17, 15) is 5.11 Å². The van der Waals surface area contributed by atoms with Crippen LogP contribution in [0.15, 0.2) is 0 Å². The highest BCUT2D eigenvalue weighted by atomic mass is 16.3. The number of hydrogen-bond donors (Lipinski definition) is 1. The predicted molar refractivity (Wildman–Crippen MR) is 138 cm³/mol. The standard InChI is InChI=1S/C31H56O/c1-6-9-23(10-7-2)12-8-11-22(3)27-15-16-28-26-14-13-24-21-25(32)17-19-30(24,4)29(26)18-20-31(27,28)5/h22-29,32H,6-21H2,1-5H3/t22-,24?,25+,26+,27-,28+,29+,30+,31-/m1/s1. The summed E-state index contributed by atoms with van der Waals surface area (Å²) >= 11 is 0. The highest BCUT2D eigenvalue weighted by Crippen LogP contribution is 2.68. The van der Waals surface area contributed by atoms with Crippen molar-refractivity contribution in [1.29, 1.82) is 0 Å². The lowest BCUT2D eigenvalue weighted by molar-refractivity contribution is -0.129. The van der Waals surface area contributed by atoms with Crippen LogP contribution in [0, 0.1) is 52.3 Å². The topological polar surface area (TPSA) is 20.2 Å². The fourth-order valence-electron chi connectivity index (χ4n) is 10.4.